The van der Waals surface area contributed by atoms with Crippen LogP contribution in [0.1, 0.15) is 32.3 Å². The Labute approximate surface area is 123 Å². The largest absolute Gasteiger partial charge is 0.371 e. The SMILES string of the molecule is CC.Cc1cc(S(=O)(=O)N(C)C)ccc1N1CCCC1. The van der Waals surface area contributed by atoms with Crippen LogP contribution in [0.2, 0.25) is 0 Å². The molecule has 0 aliphatic carbocycles. The molecule has 1 aliphatic heterocycles. The third kappa shape index (κ3) is 3.52. The molecule has 0 aromatic heterocycles. The van der Waals surface area contributed by atoms with Crippen molar-refractivity contribution in [3.8, 4) is 0 Å². The molecule has 1 aromatic carbocycles. The molecule has 20 heavy (non-hydrogen) atoms. The zero-order valence-corrected chi connectivity index (χ0v) is 14.0. The predicted octanol–water partition coefficient (Wildman–Crippen LogP) is 2.87. The lowest BCUT2D eigenvalue weighted by molar-refractivity contribution is 0.520. The highest BCUT2D eigenvalue weighted by Crippen LogP contribution is 2.27. The van der Waals surface area contributed by atoms with Gasteiger partial charge in [-0.05, 0) is 43.5 Å². The van der Waals surface area contributed by atoms with Gasteiger partial charge in [0.05, 0.1) is 4.90 Å². The summed E-state index contributed by atoms with van der Waals surface area (Å²) in [4.78, 5) is 2.69. The van der Waals surface area contributed by atoms with Gasteiger partial charge in [0.25, 0.3) is 0 Å². The van der Waals surface area contributed by atoms with Gasteiger partial charge in [-0.2, -0.15) is 0 Å². The molecule has 0 spiro atoms. The number of hydrogen-bond donors (Lipinski definition) is 0. The van der Waals surface area contributed by atoms with Crippen LogP contribution in [0, 0.1) is 6.92 Å². The monoisotopic (exact) mass is 298 g/mol. The number of nitrogens with zero attached hydrogens (tertiary/aromatic N) is 2. The van der Waals surface area contributed by atoms with E-state index >= 15 is 0 Å². The van der Waals surface area contributed by atoms with Crippen LogP contribution in [0.25, 0.3) is 0 Å². The molecule has 1 heterocycles. The Morgan fingerprint density at radius 2 is 1.65 bits per heavy atom. The van der Waals surface area contributed by atoms with Crippen molar-refractivity contribution in [2.45, 2.75) is 38.5 Å². The highest BCUT2D eigenvalue weighted by atomic mass is 32.2. The van der Waals surface area contributed by atoms with Crippen LogP contribution in [0.5, 0.6) is 0 Å². The second kappa shape index (κ2) is 7.09. The number of benzene rings is 1. The topological polar surface area (TPSA) is 40.6 Å². The van der Waals surface area contributed by atoms with Crippen LogP contribution in [0.3, 0.4) is 0 Å². The Morgan fingerprint density at radius 3 is 2.10 bits per heavy atom. The number of rotatable bonds is 3. The van der Waals surface area contributed by atoms with Gasteiger partial charge in [0.15, 0.2) is 0 Å². The van der Waals surface area contributed by atoms with Gasteiger partial charge in [0.2, 0.25) is 10.0 Å². The van der Waals surface area contributed by atoms with Crippen molar-refractivity contribution < 1.29 is 8.42 Å². The van der Waals surface area contributed by atoms with Gasteiger partial charge in [-0.3, -0.25) is 0 Å². The Morgan fingerprint density at radius 1 is 1.10 bits per heavy atom. The summed E-state index contributed by atoms with van der Waals surface area (Å²) in [6.45, 7) is 8.11. The molecule has 1 fully saturated rings. The van der Waals surface area contributed by atoms with E-state index in [0.29, 0.717) is 4.90 Å². The summed E-state index contributed by atoms with van der Waals surface area (Å²) in [5.74, 6) is 0. The molecule has 114 valence electrons. The highest BCUT2D eigenvalue weighted by molar-refractivity contribution is 7.89. The summed E-state index contributed by atoms with van der Waals surface area (Å²) in [6.07, 6.45) is 2.44. The average Bonchev–Trinajstić information content (AvgIpc) is 2.94. The van der Waals surface area contributed by atoms with Gasteiger partial charge < -0.3 is 4.90 Å². The second-order valence-electron chi connectivity index (χ2n) is 4.93. The summed E-state index contributed by atoms with van der Waals surface area (Å²) in [6, 6.07) is 5.40. The van der Waals surface area contributed by atoms with E-state index in [-0.39, 0.29) is 0 Å². The summed E-state index contributed by atoms with van der Waals surface area (Å²) < 4.78 is 25.3. The van der Waals surface area contributed by atoms with Crippen molar-refractivity contribution in [3.05, 3.63) is 23.8 Å². The summed E-state index contributed by atoms with van der Waals surface area (Å²) >= 11 is 0. The number of hydrogen-bond acceptors (Lipinski definition) is 3. The Kier molecular flexibility index (Phi) is 6.02. The molecule has 0 N–H and O–H groups in total. The van der Waals surface area contributed by atoms with E-state index in [1.807, 2.05) is 26.8 Å². The molecule has 4 nitrogen and oxygen atoms in total. The van der Waals surface area contributed by atoms with E-state index in [0.717, 1.165) is 24.3 Å². The minimum Gasteiger partial charge on any atom is -0.371 e. The third-order valence-corrected chi connectivity index (χ3v) is 5.20. The number of sulfonamides is 1. The van der Waals surface area contributed by atoms with E-state index in [2.05, 4.69) is 4.90 Å². The molecule has 2 rings (SSSR count). The Hall–Kier alpha value is -1.07. The molecule has 1 aromatic rings. The molecular formula is C15H26N2O2S. The zero-order valence-electron chi connectivity index (χ0n) is 13.2. The Balaban J connectivity index is 0.000000956. The average molecular weight is 298 g/mol. The first-order chi connectivity index (χ1) is 9.43. The first-order valence-electron chi connectivity index (χ1n) is 7.21. The van der Waals surface area contributed by atoms with Gasteiger partial charge in [-0.25, -0.2) is 12.7 Å². The second-order valence-corrected chi connectivity index (χ2v) is 7.08. The smallest absolute Gasteiger partial charge is 0.242 e. The van der Waals surface area contributed by atoms with Gasteiger partial charge in [-0.1, -0.05) is 13.8 Å². The van der Waals surface area contributed by atoms with Crippen molar-refractivity contribution in [1.82, 2.24) is 4.31 Å². The standard InChI is InChI=1S/C13H20N2O2S.C2H6/c1-11-10-12(18(16,17)14(2)3)6-7-13(11)15-8-4-5-9-15;1-2/h6-7,10H,4-5,8-9H2,1-3H3;1-2H3. The molecule has 0 saturated carbocycles. The van der Waals surface area contributed by atoms with Crippen LogP contribution >= 0.6 is 0 Å². The van der Waals surface area contributed by atoms with Gasteiger partial charge in [0.1, 0.15) is 0 Å². The molecule has 5 heteroatoms. The van der Waals surface area contributed by atoms with Crippen LogP contribution in [-0.4, -0.2) is 39.9 Å². The van der Waals surface area contributed by atoms with E-state index in [1.54, 1.807) is 26.2 Å². The quantitative estimate of drug-likeness (QED) is 0.861. The lowest BCUT2D eigenvalue weighted by Crippen LogP contribution is -2.23. The van der Waals surface area contributed by atoms with E-state index < -0.39 is 10.0 Å². The fourth-order valence-corrected chi connectivity index (χ4v) is 3.30. The molecule has 1 saturated heterocycles. The normalized spacial score (nSPS) is 15.2. The van der Waals surface area contributed by atoms with Crippen molar-refractivity contribution in [3.63, 3.8) is 0 Å². The van der Waals surface area contributed by atoms with Crippen LogP contribution in [0.15, 0.2) is 23.1 Å². The molecule has 0 bridgehead atoms. The molecule has 0 radical (unpaired) electrons. The maximum absolute atomic E-state index is 12.0. The van der Waals surface area contributed by atoms with Crippen molar-refractivity contribution in [2.75, 3.05) is 32.1 Å². The molecule has 0 atom stereocenters. The predicted molar refractivity (Wildman–Crippen MR) is 84.8 cm³/mol. The van der Waals surface area contributed by atoms with Crippen molar-refractivity contribution in [2.24, 2.45) is 0 Å². The first-order valence-corrected chi connectivity index (χ1v) is 8.65. The minimum atomic E-state index is -3.32. The molecule has 1 aliphatic rings. The summed E-state index contributed by atoms with van der Waals surface area (Å²) in [7, 11) is -0.216. The van der Waals surface area contributed by atoms with Crippen LogP contribution < -0.4 is 4.90 Å². The number of anilines is 1. The highest BCUT2D eigenvalue weighted by Gasteiger charge is 2.20. The Bertz CT molecular complexity index is 533. The summed E-state index contributed by atoms with van der Waals surface area (Å²) in [5.41, 5.74) is 2.19. The van der Waals surface area contributed by atoms with Crippen LogP contribution in [-0.2, 0) is 10.0 Å². The first kappa shape index (κ1) is 17.0. The van der Waals surface area contributed by atoms with E-state index in [4.69, 9.17) is 0 Å². The van der Waals surface area contributed by atoms with Gasteiger partial charge in [0, 0.05) is 32.9 Å². The third-order valence-electron chi connectivity index (χ3n) is 3.39. The maximum Gasteiger partial charge on any atom is 0.242 e. The van der Waals surface area contributed by atoms with Gasteiger partial charge >= 0.3 is 0 Å². The number of aryl methyl sites for hydroxylation is 1. The van der Waals surface area contributed by atoms with Crippen LogP contribution in [0.4, 0.5) is 5.69 Å². The minimum absolute atomic E-state index is 0.368. The molecule has 0 amide bonds. The summed E-state index contributed by atoms with van der Waals surface area (Å²) in [5, 5.41) is 0. The van der Waals surface area contributed by atoms with Gasteiger partial charge in [-0.15, -0.1) is 0 Å². The lowest BCUT2D eigenvalue weighted by Gasteiger charge is -2.21. The fourth-order valence-electron chi connectivity index (χ4n) is 2.31. The van der Waals surface area contributed by atoms with Crippen molar-refractivity contribution in [1.29, 1.82) is 0 Å². The zero-order chi connectivity index (χ0) is 15.3. The maximum atomic E-state index is 12.0. The van der Waals surface area contributed by atoms with E-state index in [9.17, 15) is 8.42 Å². The van der Waals surface area contributed by atoms with Crippen molar-refractivity contribution >= 4 is 15.7 Å². The molecule has 0 unspecified atom stereocenters. The lowest BCUT2D eigenvalue weighted by atomic mass is 10.2. The molecular weight excluding hydrogens is 272 g/mol. The fraction of sp³-hybridized carbons (Fsp3) is 0.600. The van der Waals surface area contributed by atoms with E-state index in [1.165, 1.54) is 17.1 Å².